The van der Waals surface area contributed by atoms with E-state index in [-0.39, 0.29) is 0 Å². The zero-order chi connectivity index (χ0) is 16.7. The molecule has 2 aliphatic heterocycles. The Morgan fingerprint density at radius 3 is 2.54 bits per heavy atom. The maximum absolute atomic E-state index is 5.36. The van der Waals surface area contributed by atoms with Crippen LogP contribution in [-0.2, 0) is 11.3 Å². The van der Waals surface area contributed by atoms with Crippen LogP contribution in [0.4, 0.5) is 11.8 Å². The topological polar surface area (TPSA) is 80.4 Å². The summed E-state index contributed by atoms with van der Waals surface area (Å²) in [5.41, 5.74) is 2.23. The van der Waals surface area contributed by atoms with Gasteiger partial charge in [0, 0.05) is 56.4 Å². The molecule has 0 amide bonds. The Kier molecular flexibility index (Phi) is 3.84. The van der Waals surface area contributed by atoms with Crippen molar-refractivity contribution >= 4 is 11.8 Å². The minimum atomic E-state index is 0.379. The zero-order valence-electron chi connectivity index (χ0n) is 14.3. The molecule has 0 aliphatic carbocycles. The molecule has 8 nitrogen and oxygen atoms in total. The van der Waals surface area contributed by atoms with Crippen LogP contribution in [0.5, 0.6) is 0 Å². The van der Waals surface area contributed by atoms with E-state index in [0.29, 0.717) is 30.3 Å². The first-order valence-corrected chi connectivity index (χ1v) is 8.25. The molecule has 2 aromatic heterocycles. The van der Waals surface area contributed by atoms with Crippen molar-refractivity contribution < 1.29 is 9.26 Å². The van der Waals surface area contributed by atoms with Crippen LogP contribution in [0.2, 0.25) is 0 Å². The fraction of sp³-hybridized carbons (Fsp3) is 0.625. The molecular formula is C16H22N6O2. The van der Waals surface area contributed by atoms with Gasteiger partial charge in [0.25, 0.3) is 0 Å². The lowest BCUT2D eigenvalue weighted by Crippen LogP contribution is -2.30. The number of hydrogen-bond donors (Lipinski definition) is 0. The molecule has 2 atom stereocenters. The molecule has 128 valence electrons. The molecule has 0 saturated carbocycles. The summed E-state index contributed by atoms with van der Waals surface area (Å²) >= 11 is 0. The number of fused-ring (bicyclic) bond motifs is 1. The molecule has 0 spiro atoms. The van der Waals surface area contributed by atoms with Crippen LogP contribution in [0.25, 0.3) is 0 Å². The summed E-state index contributed by atoms with van der Waals surface area (Å²) in [4.78, 5) is 17.7. The highest BCUT2D eigenvalue weighted by Gasteiger charge is 2.42. The number of aromatic nitrogens is 4. The maximum atomic E-state index is 5.36. The smallest absolute Gasteiger partial charge is 0.324 e. The standard InChI is InChI=1S/C16H22N6O2/c1-10-11(2)17-9-18-15(10)21-4-12-6-22(7-13(12)5-21)16-19-14(8-23-3)20-24-16/h9,12-13H,4-8H2,1-3H3. The van der Waals surface area contributed by atoms with Gasteiger partial charge >= 0.3 is 6.01 Å². The summed E-state index contributed by atoms with van der Waals surface area (Å²) in [7, 11) is 1.63. The second-order valence-corrected chi connectivity index (χ2v) is 6.66. The van der Waals surface area contributed by atoms with E-state index in [1.54, 1.807) is 13.4 Å². The van der Waals surface area contributed by atoms with Crippen LogP contribution in [0.1, 0.15) is 17.1 Å². The Morgan fingerprint density at radius 2 is 1.83 bits per heavy atom. The van der Waals surface area contributed by atoms with E-state index in [4.69, 9.17) is 9.26 Å². The lowest BCUT2D eigenvalue weighted by atomic mass is 10.0. The molecule has 4 heterocycles. The number of aryl methyl sites for hydroxylation is 1. The summed E-state index contributed by atoms with van der Waals surface area (Å²) in [5, 5.41) is 3.95. The third kappa shape index (κ3) is 2.60. The highest BCUT2D eigenvalue weighted by Crippen LogP contribution is 2.36. The van der Waals surface area contributed by atoms with E-state index in [9.17, 15) is 0 Å². The van der Waals surface area contributed by atoms with Gasteiger partial charge in [-0.05, 0) is 13.8 Å². The molecule has 2 unspecified atom stereocenters. The number of anilines is 2. The first-order chi connectivity index (χ1) is 11.7. The monoisotopic (exact) mass is 330 g/mol. The van der Waals surface area contributed by atoms with Gasteiger partial charge in [-0.2, -0.15) is 4.98 Å². The number of ether oxygens (including phenoxy) is 1. The van der Waals surface area contributed by atoms with Crippen molar-refractivity contribution in [2.75, 3.05) is 43.1 Å². The van der Waals surface area contributed by atoms with Crippen LogP contribution >= 0.6 is 0 Å². The molecule has 2 aliphatic rings. The highest BCUT2D eigenvalue weighted by atomic mass is 16.5. The van der Waals surface area contributed by atoms with E-state index < -0.39 is 0 Å². The average Bonchev–Trinajstić information content (AvgIpc) is 3.24. The van der Waals surface area contributed by atoms with Gasteiger partial charge < -0.3 is 19.1 Å². The predicted molar refractivity (Wildman–Crippen MR) is 87.9 cm³/mol. The summed E-state index contributed by atoms with van der Waals surface area (Å²) < 4.78 is 10.4. The van der Waals surface area contributed by atoms with Crippen molar-refractivity contribution in [2.45, 2.75) is 20.5 Å². The van der Waals surface area contributed by atoms with Gasteiger partial charge in [-0.25, -0.2) is 9.97 Å². The van der Waals surface area contributed by atoms with Crippen molar-refractivity contribution in [3.63, 3.8) is 0 Å². The van der Waals surface area contributed by atoms with Crippen molar-refractivity contribution in [3.8, 4) is 0 Å². The number of methoxy groups -OCH3 is 1. The van der Waals surface area contributed by atoms with Gasteiger partial charge in [0.1, 0.15) is 18.8 Å². The highest BCUT2D eigenvalue weighted by molar-refractivity contribution is 5.49. The third-order valence-corrected chi connectivity index (χ3v) is 5.10. The molecule has 0 N–H and O–H groups in total. The Morgan fingerprint density at radius 1 is 1.12 bits per heavy atom. The van der Waals surface area contributed by atoms with Crippen molar-refractivity contribution in [1.82, 2.24) is 20.1 Å². The van der Waals surface area contributed by atoms with Crippen LogP contribution in [0, 0.1) is 25.7 Å². The van der Waals surface area contributed by atoms with Crippen molar-refractivity contribution in [1.29, 1.82) is 0 Å². The molecule has 0 radical (unpaired) electrons. The number of rotatable bonds is 4. The van der Waals surface area contributed by atoms with Gasteiger partial charge in [-0.1, -0.05) is 5.16 Å². The van der Waals surface area contributed by atoms with Gasteiger partial charge in [0.15, 0.2) is 5.82 Å². The minimum absolute atomic E-state index is 0.379. The molecule has 0 aromatic carbocycles. The molecule has 24 heavy (non-hydrogen) atoms. The SMILES string of the molecule is COCc1noc(N2CC3CN(c4ncnc(C)c4C)CC3C2)n1. The van der Waals surface area contributed by atoms with E-state index in [1.807, 2.05) is 6.92 Å². The Bertz CT molecular complexity index is 719. The lowest BCUT2D eigenvalue weighted by Gasteiger charge is -2.22. The largest absolute Gasteiger partial charge is 0.377 e. The number of hydrogen-bond acceptors (Lipinski definition) is 8. The molecule has 2 fully saturated rings. The molecule has 2 aromatic rings. The first-order valence-electron chi connectivity index (χ1n) is 8.25. The fourth-order valence-electron chi connectivity index (χ4n) is 3.73. The Balaban J connectivity index is 1.44. The summed E-state index contributed by atoms with van der Waals surface area (Å²) in [6.07, 6.45) is 1.66. The summed E-state index contributed by atoms with van der Waals surface area (Å²) in [6.45, 7) is 8.42. The normalized spacial score (nSPS) is 23.1. The molecule has 2 saturated heterocycles. The van der Waals surface area contributed by atoms with E-state index in [0.717, 1.165) is 37.7 Å². The minimum Gasteiger partial charge on any atom is -0.377 e. The summed E-state index contributed by atoms with van der Waals surface area (Å²) in [5.74, 6) is 2.86. The van der Waals surface area contributed by atoms with Gasteiger partial charge in [-0.3, -0.25) is 0 Å². The first kappa shape index (κ1) is 15.3. The van der Waals surface area contributed by atoms with Crippen LogP contribution in [-0.4, -0.2) is 53.4 Å². The van der Waals surface area contributed by atoms with Gasteiger partial charge in [-0.15, -0.1) is 0 Å². The quantitative estimate of drug-likeness (QED) is 0.827. The molecule has 8 heteroatoms. The Labute approximate surface area is 140 Å². The Hall–Kier alpha value is -2.22. The van der Waals surface area contributed by atoms with E-state index in [2.05, 4.69) is 36.8 Å². The van der Waals surface area contributed by atoms with Crippen molar-refractivity contribution in [3.05, 3.63) is 23.4 Å². The molecule has 4 rings (SSSR count). The van der Waals surface area contributed by atoms with Crippen LogP contribution < -0.4 is 9.80 Å². The lowest BCUT2D eigenvalue weighted by molar-refractivity contribution is 0.174. The predicted octanol–water partition coefficient (Wildman–Crippen LogP) is 1.20. The molecule has 0 bridgehead atoms. The average molecular weight is 330 g/mol. The van der Waals surface area contributed by atoms with E-state index in [1.165, 1.54) is 5.56 Å². The van der Waals surface area contributed by atoms with Gasteiger partial charge in [0.2, 0.25) is 0 Å². The van der Waals surface area contributed by atoms with Gasteiger partial charge in [0.05, 0.1) is 0 Å². The van der Waals surface area contributed by atoms with Crippen molar-refractivity contribution in [2.24, 2.45) is 11.8 Å². The fourth-order valence-corrected chi connectivity index (χ4v) is 3.73. The van der Waals surface area contributed by atoms with Crippen LogP contribution in [0.3, 0.4) is 0 Å². The maximum Gasteiger partial charge on any atom is 0.324 e. The number of nitrogens with zero attached hydrogens (tertiary/aromatic N) is 6. The second-order valence-electron chi connectivity index (χ2n) is 6.66. The molecular weight excluding hydrogens is 308 g/mol. The zero-order valence-corrected chi connectivity index (χ0v) is 14.3. The third-order valence-electron chi connectivity index (χ3n) is 5.10. The van der Waals surface area contributed by atoms with Crippen LogP contribution in [0.15, 0.2) is 10.9 Å². The second kappa shape index (κ2) is 6.01. The summed E-state index contributed by atoms with van der Waals surface area (Å²) in [6, 6.07) is 0.608. The van der Waals surface area contributed by atoms with E-state index >= 15 is 0 Å².